The monoisotopic (exact) mass is 318 g/mol. The largest absolute Gasteiger partial charge is 0.255 e. The standard InChI is InChI=1S/C20H22N4/c1-2-3-4-5-10-16-15-19(17-11-6-8-13-21-17)23-24-20(16)18-12-7-9-14-22-18/h6-9,11-15H,2-5,10H2,1H3. The van der Waals surface area contributed by atoms with E-state index in [2.05, 4.69) is 33.2 Å². The zero-order valence-corrected chi connectivity index (χ0v) is 14.0. The number of aryl methyl sites for hydroxylation is 1. The van der Waals surface area contributed by atoms with Crippen LogP contribution in [0.5, 0.6) is 0 Å². The van der Waals surface area contributed by atoms with Gasteiger partial charge in [-0.3, -0.25) is 9.97 Å². The molecule has 3 rings (SSSR count). The molecular weight excluding hydrogens is 296 g/mol. The molecule has 0 spiro atoms. The molecule has 3 heterocycles. The predicted molar refractivity (Wildman–Crippen MR) is 96.3 cm³/mol. The predicted octanol–water partition coefficient (Wildman–Crippen LogP) is 4.72. The maximum absolute atomic E-state index is 4.47. The van der Waals surface area contributed by atoms with E-state index in [1.807, 2.05) is 36.4 Å². The van der Waals surface area contributed by atoms with Crippen molar-refractivity contribution >= 4 is 0 Å². The van der Waals surface area contributed by atoms with Crippen LogP contribution in [0.3, 0.4) is 0 Å². The van der Waals surface area contributed by atoms with Crippen molar-refractivity contribution in [3.63, 3.8) is 0 Å². The highest BCUT2D eigenvalue weighted by Crippen LogP contribution is 2.24. The van der Waals surface area contributed by atoms with Crippen molar-refractivity contribution in [1.82, 2.24) is 20.2 Å². The second-order valence-corrected chi connectivity index (χ2v) is 5.84. The third-order valence-electron chi connectivity index (χ3n) is 4.01. The third-order valence-corrected chi connectivity index (χ3v) is 4.01. The van der Waals surface area contributed by atoms with Crippen molar-refractivity contribution < 1.29 is 0 Å². The lowest BCUT2D eigenvalue weighted by molar-refractivity contribution is 0.665. The summed E-state index contributed by atoms with van der Waals surface area (Å²) in [6.07, 6.45) is 9.46. The van der Waals surface area contributed by atoms with E-state index in [9.17, 15) is 0 Å². The molecule has 24 heavy (non-hydrogen) atoms. The molecule has 4 heteroatoms. The Morgan fingerprint density at radius 1 is 0.750 bits per heavy atom. The Labute approximate surface area is 143 Å². The van der Waals surface area contributed by atoms with Crippen LogP contribution in [-0.2, 0) is 6.42 Å². The van der Waals surface area contributed by atoms with Crippen molar-refractivity contribution in [2.24, 2.45) is 0 Å². The topological polar surface area (TPSA) is 51.6 Å². The molecule has 0 bridgehead atoms. The average Bonchev–Trinajstić information content (AvgIpc) is 2.66. The molecule has 0 N–H and O–H groups in total. The smallest absolute Gasteiger partial charge is 0.115 e. The van der Waals surface area contributed by atoms with Crippen LogP contribution in [0.25, 0.3) is 22.8 Å². The number of unbranched alkanes of at least 4 members (excludes halogenated alkanes) is 3. The Kier molecular flexibility index (Phi) is 5.61. The zero-order chi connectivity index (χ0) is 16.6. The highest BCUT2D eigenvalue weighted by molar-refractivity contribution is 5.63. The molecule has 0 amide bonds. The maximum atomic E-state index is 4.47. The minimum absolute atomic E-state index is 0.820. The normalized spacial score (nSPS) is 10.7. The molecule has 0 aliphatic carbocycles. The van der Waals surface area contributed by atoms with Gasteiger partial charge in [0.15, 0.2) is 0 Å². The summed E-state index contributed by atoms with van der Waals surface area (Å²) in [5.74, 6) is 0. The third kappa shape index (κ3) is 4.02. The first-order valence-corrected chi connectivity index (χ1v) is 8.58. The number of hydrogen-bond acceptors (Lipinski definition) is 4. The molecule has 0 fully saturated rings. The van der Waals surface area contributed by atoms with Gasteiger partial charge < -0.3 is 0 Å². The quantitative estimate of drug-likeness (QED) is 0.591. The van der Waals surface area contributed by atoms with Gasteiger partial charge >= 0.3 is 0 Å². The summed E-state index contributed by atoms with van der Waals surface area (Å²) >= 11 is 0. The molecule has 0 atom stereocenters. The molecule has 4 nitrogen and oxygen atoms in total. The number of aromatic nitrogens is 4. The summed E-state index contributed by atoms with van der Waals surface area (Å²) in [6.45, 7) is 2.23. The summed E-state index contributed by atoms with van der Waals surface area (Å²) in [6, 6.07) is 13.8. The van der Waals surface area contributed by atoms with Crippen LogP contribution in [0.15, 0.2) is 54.9 Å². The van der Waals surface area contributed by atoms with Gasteiger partial charge in [0, 0.05) is 12.4 Å². The molecule has 0 aliphatic heterocycles. The molecule has 0 aliphatic rings. The summed E-state index contributed by atoms with van der Waals surface area (Å²) in [4.78, 5) is 8.82. The van der Waals surface area contributed by atoms with Crippen LogP contribution in [0.4, 0.5) is 0 Å². The SMILES string of the molecule is CCCCCCc1cc(-c2ccccn2)nnc1-c1ccccn1. The summed E-state index contributed by atoms with van der Waals surface area (Å²) < 4.78 is 0. The molecule has 3 aromatic rings. The van der Waals surface area contributed by atoms with E-state index in [0.717, 1.165) is 35.6 Å². The van der Waals surface area contributed by atoms with Gasteiger partial charge in [-0.05, 0) is 48.7 Å². The first-order chi connectivity index (χ1) is 11.9. The fourth-order valence-corrected chi connectivity index (χ4v) is 2.72. The van der Waals surface area contributed by atoms with E-state index in [0.29, 0.717) is 0 Å². The number of rotatable bonds is 7. The van der Waals surface area contributed by atoms with Gasteiger partial charge in [-0.25, -0.2) is 0 Å². The highest BCUT2D eigenvalue weighted by Gasteiger charge is 2.12. The van der Waals surface area contributed by atoms with E-state index < -0.39 is 0 Å². The number of pyridine rings is 2. The van der Waals surface area contributed by atoms with Crippen LogP contribution in [0, 0.1) is 0 Å². The molecule has 0 saturated heterocycles. The first-order valence-electron chi connectivity index (χ1n) is 8.58. The van der Waals surface area contributed by atoms with Gasteiger partial charge in [-0.15, -0.1) is 10.2 Å². The van der Waals surface area contributed by atoms with Gasteiger partial charge in [0.2, 0.25) is 0 Å². The highest BCUT2D eigenvalue weighted by atomic mass is 15.1. The molecular formula is C20H22N4. The fraction of sp³-hybridized carbons (Fsp3) is 0.300. The lowest BCUT2D eigenvalue weighted by Gasteiger charge is -2.09. The fourth-order valence-electron chi connectivity index (χ4n) is 2.72. The van der Waals surface area contributed by atoms with Crippen LogP contribution >= 0.6 is 0 Å². The van der Waals surface area contributed by atoms with E-state index >= 15 is 0 Å². The Bertz CT molecular complexity index is 757. The van der Waals surface area contributed by atoms with E-state index in [-0.39, 0.29) is 0 Å². The Hall–Kier alpha value is -2.62. The summed E-state index contributed by atoms with van der Waals surface area (Å²) in [5, 5.41) is 8.85. The molecule has 0 aromatic carbocycles. The van der Waals surface area contributed by atoms with Gasteiger partial charge in [-0.2, -0.15) is 0 Å². The maximum Gasteiger partial charge on any atom is 0.115 e. The van der Waals surface area contributed by atoms with Crippen molar-refractivity contribution in [2.45, 2.75) is 39.0 Å². The minimum atomic E-state index is 0.820. The molecule has 0 saturated carbocycles. The van der Waals surface area contributed by atoms with Gasteiger partial charge in [0.25, 0.3) is 0 Å². The van der Waals surface area contributed by atoms with Crippen molar-refractivity contribution in [3.8, 4) is 22.8 Å². The molecule has 3 aromatic heterocycles. The second kappa shape index (κ2) is 8.29. The number of nitrogens with zero attached hydrogens (tertiary/aromatic N) is 4. The molecule has 0 radical (unpaired) electrons. The van der Waals surface area contributed by atoms with Gasteiger partial charge in [0.05, 0.1) is 11.4 Å². The van der Waals surface area contributed by atoms with Crippen LogP contribution in [-0.4, -0.2) is 20.2 Å². The minimum Gasteiger partial charge on any atom is -0.255 e. The van der Waals surface area contributed by atoms with Crippen LogP contribution in [0.1, 0.15) is 38.2 Å². The second-order valence-electron chi connectivity index (χ2n) is 5.84. The van der Waals surface area contributed by atoms with Crippen molar-refractivity contribution in [3.05, 3.63) is 60.4 Å². The van der Waals surface area contributed by atoms with Gasteiger partial charge in [-0.1, -0.05) is 38.3 Å². The van der Waals surface area contributed by atoms with E-state index in [1.54, 1.807) is 12.4 Å². The molecule has 0 unspecified atom stereocenters. The van der Waals surface area contributed by atoms with E-state index in [1.165, 1.54) is 24.8 Å². The summed E-state index contributed by atoms with van der Waals surface area (Å²) in [5.41, 5.74) is 4.63. The van der Waals surface area contributed by atoms with Gasteiger partial charge in [0.1, 0.15) is 11.4 Å². The lowest BCUT2D eigenvalue weighted by Crippen LogP contribution is -2.00. The van der Waals surface area contributed by atoms with Crippen molar-refractivity contribution in [1.29, 1.82) is 0 Å². The zero-order valence-electron chi connectivity index (χ0n) is 14.0. The lowest BCUT2D eigenvalue weighted by atomic mass is 10.0. The Balaban J connectivity index is 1.93. The molecule has 122 valence electrons. The number of hydrogen-bond donors (Lipinski definition) is 0. The Morgan fingerprint density at radius 3 is 2.17 bits per heavy atom. The van der Waals surface area contributed by atoms with E-state index in [4.69, 9.17) is 0 Å². The first kappa shape index (κ1) is 16.2. The van der Waals surface area contributed by atoms with Crippen molar-refractivity contribution in [2.75, 3.05) is 0 Å². The average molecular weight is 318 g/mol. The summed E-state index contributed by atoms with van der Waals surface area (Å²) in [7, 11) is 0. The Morgan fingerprint density at radius 2 is 1.50 bits per heavy atom. The van der Waals surface area contributed by atoms with Crippen LogP contribution < -0.4 is 0 Å². The van der Waals surface area contributed by atoms with Crippen LogP contribution in [0.2, 0.25) is 0 Å².